The third kappa shape index (κ3) is 5.05. The van der Waals surface area contributed by atoms with E-state index in [4.69, 9.17) is 4.74 Å². The Morgan fingerprint density at radius 2 is 2.00 bits per heavy atom. The lowest BCUT2D eigenvalue weighted by Gasteiger charge is -2.27. The first kappa shape index (κ1) is 23.3. The van der Waals surface area contributed by atoms with Gasteiger partial charge in [0.2, 0.25) is 0 Å². The zero-order chi connectivity index (χ0) is 23.4. The number of amides is 2. The second-order valence-electron chi connectivity index (χ2n) is 7.65. The van der Waals surface area contributed by atoms with Crippen LogP contribution in [0.5, 0.6) is 0 Å². The van der Waals surface area contributed by atoms with Gasteiger partial charge in [0, 0.05) is 25.0 Å². The third-order valence-corrected chi connectivity index (χ3v) is 7.50. The third-order valence-electron chi connectivity index (χ3n) is 5.46. The predicted octanol–water partition coefficient (Wildman–Crippen LogP) is 4.72. The minimum Gasteiger partial charge on any atom is -0.383 e. The average Bonchev–Trinajstić information content (AvgIpc) is 3.56. The molecule has 0 N–H and O–H groups in total. The van der Waals surface area contributed by atoms with Crippen molar-refractivity contribution in [1.82, 2.24) is 9.91 Å². The number of thiophene rings is 2. The Morgan fingerprint density at radius 3 is 2.67 bits per heavy atom. The Hall–Kier alpha value is -2.88. The highest BCUT2D eigenvalue weighted by atomic mass is 32.1. The molecule has 6 nitrogen and oxygen atoms in total. The van der Waals surface area contributed by atoms with Gasteiger partial charge in [0.15, 0.2) is 0 Å². The maximum atomic E-state index is 14.3. The Labute approximate surface area is 199 Å². The van der Waals surface area contributed by atoms with Crippen molar-refractivity contribution in [2.24, 2.45) is 5.10 Å². The summed E-state index contributed by atoms with van der Waals surface area (Å²) in [6.45, 7) is 2.18. The van der Waals surface area contributed by atoms with Crippen molar-refractivity contribution in [3.05, 3.63) is 79.9 Å². The summed E-state index contributed by atoms with van der Waals surface area (Å²) in [5.74, 6) is -1.49. The molecular weight excluding hydrogens is 461 g/mol. The first-order valence-electron chi connectivity index (χ1n) is 10.5. The van der Waals surface area contributed by atoms with Crippen LogP contribution in [-0.2, 0) is 9.53 Å². The number of rotatable bonds is 8. The van der Waals surface area contributed by atoms with Crippen LogP contribution in [0, 0.1) is 12.7 Å². The van der Waals surface area contributed by atoms with Crippen LogP contribution in [0.25, 0.3) is 0 Å². The van der Waals surface area contributed by atoms with Crippen molar-refractivity contribution >= 4 is 40.2 Å². The second kappa shape index (κ2) is 10.4. The SMILES string of the molecule is COCCN(CC(=O)N1N=C(c2cccs2)CC1c1sccc1C)C(=O)c1ccccc1F. The molecule has 0 saturated heterocycles. The molecule has 1 aliphatic heterocycles. The molecule has 0 saturated carbocycles. The van der Waals surface area contributed by atoms with Crippen LogP contribution in [0.2, 0.25) is 0 Å². The van der Waals surface area contributed by atoms with Crippen molar-refractivity contribution in [1.29, 1.82) is 0 Å². The second-order valence-corrected chi connectivity index (χ2v) is 9.54. The van der Waals surface area contributed by atoms with Gasteiger partial charge >= 0.3 is 0 Å². The van der Waals surface area contributed by atoms with Crippen molar-refractivity contribution in [2.45, 2.75) is 19.4 Å². The average molecular weight is 486 g/mol. The number of hydrazone groups is 1. The van der Waals surface area contributed by atoms with Crippen molar-refractivity contribution < 1.29 is 18.7 Å². The van der Waals surface area contributed by atoms with Crippen LogP contribution in [-0.4, -0.2) is 54.2 Å². The van der Waals surface area contributed by atoms with E-state index < -0.39 is 11.7 Å². The molecule has 1 atom stereocenters. The number of methoxy groups -OCH3 is 1. The summed E-state index contributed by atoms with van der Waals surface area (Å²) in [6, 6.07) is 11.5. The molecule has 3 aromatic rings. The number of hydrogen-bond donors (Lipinski definition) is 0. The summed E-state index contributed by atoms with van der Waals surface area (Å²) < 4.78 is 19.4. The normalized spacial score (nSPS) is 15.5. The molecule has 1 unspecified atom stereocenters. The molecule has 0 bridgehead atoms. The minimum atomic E-state index is -0.622. The quantitative estimate of drug-likeness (QED) is 0.464. The molecule has 2 aromatic heterocycles. The number of halogens is 1. The van der Waals surface area contributed by atoms with Gasteiger partial charge in [0.25, 0.3) is 11.8 Å². The van der Waals surface area contributed by atoms with E-state index in [1.54, 1.807) is 28.7 Å². The van der Waals surface area contributed by atoms with Gasteiger partial charge in [-0.25, -0.2) is 9.40 Å². The summed E-state index contributed by atoms with van der Waals surface area (Å²) in [5, 5.41) is 10.1. The molecule has 0 spiro atoms. The molecule has 1 aliphatic rings. The lowest BCUT2D eigenvalue weighted by molar-refractivity contribution is -0.133. The van der Waals surface area contributed by atoms with E-state index in [1.807, 2.05) is 35.9 Å². The molecule has 0 aliphatic carbocycles. The van der Waals surface area contributed by atoms with E-state index in [0.29, 0.717) is 6.42 Å². The van der Waals surface area contributed by atoms with Gasteiger partial charge in [-0.05, 0) is 47.5 Å². The van der Waals surface area contributed by atoms with E-state index in [1.165, 1.54) is 35.2 Å². The zero-order valence-corrected chi connectivity index (χ0v) is 20.0. The number of benzene rings is 1. The van der Waals surface area contributed by atoms with Crippen molar-refractivity contribution in [3.63, 3.8) is 0 Å². The van der Waals surface area contributed by atoms with Gasteiger partial charge in [0.05, 0.1) is 28.8 Å². The van der Waals surface area contributed by atoms with Crippen molar-refractivity contribution in [3.8, 4) is 0 Å². The Kier molecular flexibility index (Phi) is 7.32. The number of carbonyl (C=O) groups is 2. The highest BCUT2D eigenvalue weighted by Gasteiger charge is 2.36. The molecule has 0 fully saturated rings. The Bertz CT molecular complexity index is 1160. The van der Waals surface area contributed by atoms with Crippen LogP contribution in [0.1, 0.15) is 38.1 Å². The van der Waals surface area contributed by atoms with Gasteiger partial charge in [-0.1, -0.05) is 18.2 Å². The smallest absolute Gasteiger partial charge is 0.262 e. The summed E-state index contributed by atoms with van der Waals surface area (Å²) in [5.41, 5.74) is 1.88. The van der Waals surface area contributed by atoms with E-state index in [9.17, 15) is 14.0 Å². The first-order valence-corrected chi connectivity index (χ1v) is 12.3. The van der Waals surface area contributed by atoms with Crippen LogP contribution in [0.15, 0.2) is 58.3 Å². The van der Waals surface area contributed by atoms with Crippen LogP contribution >= 0.6 is 22.7 Å². The topological polar surface area (TPSA) is 62.2 Å². The fourth-order valence-corrected chi connectivity index (χ4v) is 5.49. The molecule has 172 valence electrons. The zero-order valence-electron chi connectivity index (χ0n) is 18.4. The van der Waals surface area contributed by atoms with E-state index in [-0.39, 0.29) is 37.2 Å². The summed E-state index contributed by atoms with van der Waals surface area (Å²) >= 11 is 3.17. The summed E-state index contributed by atoms with van der Waals surface area (Å²) in [7, 11) is 1.52. The fourth-order valence-electron chi connectivity index (χ4n) is 3.76. The molecule has 33 heavy (non-hydrogen) atoms. The van der Waals surface area contributed by atoms with Gasteiger partial charge in [0.1, 0.15) is 12.4 Å². The fraction of sp³-hybridized carbons (Fsp3) is 0.292. The van der Waals surface area contributed by atoms with Gasteiger partial charge in [-0.3, -0.25) is 9.59 Å². The standard InChI is InChI=1S/C24H24FN3O3S2/c1-16-9-13-33-23(16)20-14-19(21-8-5-12-32-21)26-28(20)22(29)15-27(10-11-31-2)24(30)17-6-3-4-7-18(17)25/h3-9,12-13,20H,10-11,14-15H2,1-2H3. The maximum absolute atomic E-state index is 14.3. The molecule has 3 heterocycles. The van der Waals surface area contributed by atoms with Gasteiger partial charge < -0.3 is 9.64 Å². The molecule has 0 radical (unpaired) electrons. The van der Waals surface area contributed by atoms with Crippen LogP contribution in [0.4, 0.5) is 4.39 Å². The maximum Gasteiger partial charge on any atom is 0.262 e. The summed E-state index contributed by atoms with van der Waals surface area (Å²) in [4.78, 5) is 29.9. The van der Waals surface area contributed by atoms with E-state index in [0.717, 1.165) is 21.0 Å². The van der Waals surface area contributed by atoms with Gasteiger partial charge in [-0.15, -0.1) is 22.7 Å². The van der Waals surface area contributed by atoms with Crippen LogP contribution < -0.4 is 0 Å². The van der Waals surface area contributed by atoms with E-state index in [2.05, 4.69) is 5.10 Å². The highest BCUT2D eigenvalue weighted by Crippen LogP contribution is 2.38. The van der Waals surface area contributed by atoms with Gasteiger partial charge in [-0.2, -0.15) is 5.10 Å². The molecule has 2 amide bonds. The number of aryl methyl sites for hydroxylation is 1. The van der Waals surface area contributed by atoms with Crippen LogP contribution in [0.3, 0.4) is 0 Å². The lowest BCUT2D eigenvalue weighted by Crippen LogP contribution is -2.43. The minimum absolute atomic E-state index is 0.0729. The number of ether oxygens (including phenoxy) is 1. The molecule has 1 aromatic carbocycles. The molecular formula is C24H24FN3O3S2. The Balaban J connectivity index is 1.61. The molecule has 4 rings (SSSR count). The monoisotopic (exact) mass is 485 g/mol. The molecule has 9 heteroatoms. The summed E-state index contributed by atoms with van der Waals surface area (Å²) in [6.07, 6.45) is 0.604. The van der Waals surface area contributed by atoms with Crippen molar-refractivity contribution in [2.75, 3.05) is 26.8 Å². The lowest BCUT2D eigenvalue weighted by atomic mass is 10.1. The number of hydrogen-bond acceptors (Lipinski definition) is 6. The Morgan fingerprint density at radius 1 is 1.18 bits per heavy atom. The predicted molar refractivity (Wildman–Crippen MR) is 128 cm³/mol. The number of nitrogens with zero attached hydrogens (tertiary/aromatic N) is 3. The largest absolute Gasteiger partial charge is 0.383 e. The highest BCUT2D eigenvalue weighted by molar-refractivity contribution is 7.12. The first-order chi connectivity index (χ1) is 16.0. The van der Waals surface area contributed by atoms with E-state index >= 15 is 0 Å². The number of carbonyl (C=O) groups excluding carboxylic acids is 2.